The standard InChI is InChI=1S/C13H16O2/c1-13(2)8-10(12(14)15)7-9-5-3-4-6-11(9)13/h3-6,10H,7-8H2,1-2H3,(H,14,15)/t10-/m1/s1. The normalized spacial score (nSPS) is 23.2. The van der Waals surface area contributed by atoms with Crippen LogP contribution in [0.25, 0.3) is 0 Å². The van der Waals surface area contributed by atoms with E-state index in [-0.39, 0.29) is 11.3 Å². The van der Waals surface area contributed by atoms with E-state index in [1.165, 1.54) is 11.1 Å². The third kappa shape index (κ3) is 1.76. The Labute approximate surface area is 89.9 Å². The highest BCUT2D eigenvalue weighted by Gasteiger charge is 2.35. The molecule has 0 bridgehead atoms. The van der Waals surface area contributed by atoms with E-state index in [1.54, 1.807) is 0 Å². The Balaban J connectivity index is 2.43. The first kappa shape index (κ1) is 10.2. The van der Waals surface area contributed by atoms with Gasteiger partial charge < -0.3 is 5.11 Å². The van der Waals surface area contributed by atoms with Crippen molar-refractivity contribution in [3.8, 4) is 0 Å². The Morgan fingerprint density at radius 1 is 1.40 bits per heavy atom. The van der Waals surface area contributed by atoms with Crippen molar-refractivity contribution in [3.05, 3.63) is 35.4 Å². The topological polar surface area (TPSA) is 37.3 Å². The summed E-state index contributed by atoms with van der Waals surface area (Å²) in [4.78, 5) is 11.1. The van der Waals surface area contributed by atoms with Gasteiger partial charge in [-0.3, -0.25) is 4.79 Å². The number of carboxylic acid groups (broad SMARTS) is 1. The molecule has 1 aromatic rings. The van der Waals surface area contributed by atoms with Gasteiger partial charge in [0, 0.05) is 0 Å². The second kappa shape index (κ2) is 3.37. The number of carboxylic acids is 1. The van der Waals surface area contributed by atoms with Gasteiger partial charge in [-0.2, -0.15) is 0 Å². The van der Waals surface area contributed by atoms with Crippen LogP contribution >= 0.6 is 0 Å². The number of benzene rings is 1. The Bertz CT molecular complexity index is 393. The van der Waals surface area contributed by atoms with Gasteiger partial charge in [0.1, 0.15) is 0 Å². The molecule has 2 rings (SSSR count). The van der Waals surface area contributed by atoms with Crippen molar-refractivity contribution in [2.45, 2.75) is 32.1 Å². The molecule has 0 unspecified atom stereocenters. The maximum Gasteiger partial charge on any atom is 0.306 e. The van der Waals surface area contributed by atoms with Gasteiger partial charge in [0.05, 0.1) is 5.92 Å². The van der Waals surface area contributed by atoms with Gasteiger partial charge in [0.15, 0.2) is 0 Å². The zero-order valence-electron chi connectivity index (χ0n) is 9.16. The minimum atomic E-state index is -0.669. The van der Waals surface area contributed by atoms with Gasteiger partial charge in [-0.05, 0) is 29.4 Å². The van der Waals surface area contributed by atoms with E-state index in [9.17, 15) is 4.79 Å². The van der Waals surface area contributed by atoms with E-state index in [2.05, 4.69) is 19.9 Å². The molecule has 0 spiro atoms. The van der Waals surface area contributed by atoms with Gasteiger partial charge in [0.2, 0.25) is 0 Å². The lowest BCUT2D eigenvalue weighted by Gasteiger charge is -2.35. The molecular formula is C13H16O2. The highest BCUT2D eigenvalue weighted by atomic mass is 16.4. The molecule has 0 aliphatic heterocycles. The average Bonchev–Trinajstić information content (AvgIpc) is 2.16. The molecule has 0 saturated carbocycles. The molecule has 0 heterocycles. The van der Waals surface area contributed by atoms with Gasteiger partial charge in [-0.1, -0.05) is 38.1 Å². The molecule has 2 heteroatoms. The minimum Gasteiger partial charge on any atom is -0.481 e. The third-order valence-electron chi connectivity index (χ3n) is 3.32. The quantitative estimate of drug-likeness (QED) is 0.763. The van der Waals surface area contributed by atoms with Crippen LogP contribution in [-0.2, 0) is 16.6 Å². The lowest BCUT2D eigenvalue weighted by atomic mass is 9.68. The van der Waals surface area contributed by atoms with Crippen molar-refractivity contribution in [1.82, 2.24) is 0 Å². The van der Waals surface area contributed by atoms with Crippen LogP contribution in [0.5, 0.6) is 0 Å². The first-order chi connectivity index (χ1) is 7.00. The number of rotatable bonds is 1. The van der Waals surface area contributed by atoms with Crippen LogP contribution in [0.2, 0.25) is 0 Å². The molecular weight excluding hydrogens is 188 g/mol. The summed E-state index contributed by atoms with van der Waals surface area (Å²) in [5, 5.41) is 9.10. The lowest BCUT2D eigenvalue weighted by molar-refractivity contribution is -0.142. The maximum absolute atomic E-state index is 11.1. The van der Waals surface area contributed by atoms with Crippen molar-refractivity contribution in [1.29, 1.82) is 0 Å². The van der Waals surface area contributed by atoms with E-state index >= 15 is 0 Å². The molecule has 2 nitrogen and oxygen atoms in total. The van der Waals surface area contributed by atoms with Crippen LogP contribution in [0.3, 0.4) is 0 Å². The second-order valence-corrected chi connectivity index (χ2v) is 4.98. The smallest absolute Gasteiger partial charge is 0.306 e. The number of aliphatic carboxylic acids is 1. The minimum absolute atomic E-state index is 0.0160. The number of fused-ring (bicyclic) bond motifs is 1. The van der Waals surface area contributed by atoms with Crippen molar-refractivity contribution >= 4 is 5.97 Å². The van der Waals surface area contributed by atoms with E-state index < -0.39 is 5.97 Å². The fourth-order valence-corrected chi connectivity index (χ4v) is 2.60. The van der Waals surface area contributed by atoms with Crippen LogP contribution in [0.4, 0.5) is 0 Å². The number of hydrogen-bond donors (Lipinski definition) is 1. The summed E-state index contributed by atoms with van der Waals surface area (Å²) in [5.41, 5.74) is 2.49. The average molecular weight is 204 g/mol. The lowest BCUT2D eigenvalue weighted by Crippen LogP contribution is -2.33. The molecule has 1 aromatic carbocycles. The molecule has 1 atom stereocenters. The highest BCUT2D eigenvalue weighted by Crippen LogP contribution is 2.39. The monoisotopic (exact) mass is 204 g/mol. The Morgan fingerprint density at radius 3 is 2.73 bits per heavy atom. The molecule has 0 fully saturated rings. The third-order valence-corrected chi connectivity index (χ3v) is 3.32. The van der Waals surface area contributed by atoms with Gasteiger partial charge in [-0.15, -0.1) is 0 Å². The van der Waals surface area contributed by atoms with Crippen molar-refractivity contribution in [3.63, 3.8) is 0 Å². The Kier molecular flexibility index (Phi) is 2.29. The molecule has 0 aromatic heterocycles. The van der Waals surface area contributed by atoms with Gasteiger partial charge in [0.25, 0.3) is 0 Å². The molecule has 0 amide bonds. The maximum atomic E-state index is 11.1. The zero-order valence-corrected chi connectivity index (χ0v) is 9.16. The largest absolute Gasteiger partial charge is 0.481 e. The van der Waals surface area contributed by atoms with Crippen LogP contribution in [0, 0.1) is 5.92 Å². The van der Waals surface area contributed by atoms with E-state index in [0.717, 1.165) is 6.42 Å². The van der Waals surface area contributed by atoms with Crippen molar-refractivity contribution in [2.24, 2.45) is 5.92 Å². The molecule has 1 N–H and O–H groups in total. The van der Waals surface area contributed by atoms with E-state index in [0.29, 0.717) is 6.42 Å². The Hall–Kier alpha value is -1.31. The summed E-state index contributed by atoms with van der Waals surface area (Å²) in [5.74, 6) is -0.896. The zero-order chi connectivity index (χ0) is 11.1. The Morgan fingerprint density at radius 2 is 2.07 bits per heavy atom. The SMILES string of the molecule is CC1(C)C[C@H](C(=O)O)Cc2ccccc21. The molecule has 0 radical (unpaired) electrons. The summed E-state index contributed by atoms with van der Waals surface area (Å²) >= 11 is 0. The summed E-state index contributed by atoms with van der Waals surface area (Å²) in [7, 11) is 0. The van der Waals surface area contributed by atoms with Crippen molar-refractivity contribution < 1.29 is 9.90 Å². The molecule has 80 valence electrons. The fraction of sp³-hybridized carbons (Fsp3) is 0.462. The van der Waals surface area contributed by atoms with Gasteiger partial charge >= 0.3 is 5.97 Å². The van der Waals surface area contributed by atoms with Crippen molar-refractivity contribution in [2.75, 3.05) is 0 Å². The van der Waals surface area contributed by atoms with E-state index in [1.807, 2.05) is 18.2 Å². The predicted octanol–water partition coefficient (Wildman–Crippen LogP) is 2.61. The summed E-state index contributed by atoms with van der Waals surface area (Å²) in [6, 6.07) is 8.18. The van der Waals surface area contributed by atoms with Crippen LogP contribution in [0.1, 0.15) is 31.4 Å². The fourth-order valence-electron chi connectivity index (χ4n) is 2.60. The van der Waals surface area contributed by atoms with Crippen LogP contribution in [0.15, 0.2) is 24.3 Å². The van der Waals surface area contributed by atoms with Crippen LogP contribution < -0.4 is 0 Å². The first-order valence-corrected chi connectivity index (χ1v) is 5.32. The molecule has 1 aliphatic carbocycles. The predicted molar refractivity (Wildman–Crippen MR) is 58.9 cm³/mol. The second-order valence-electron chi connectivity index (χ2n) is 4.98. The summed E-state index contributed by atoms with van der Waals surface area (Å²) < 4.78 is 0. The van der Waals surface area contributed by atoms with E-state index in [4.69, 9.17) is 5.11 Å². The summed E-state index contributed by atoms with van der Waals surface area (Å²) in [6.45, 7) is 4.25. The number of hydrogen-bond acceptors (Lipinski definition) is 1. The van der Waals surface area contributed by atoms with Crippen LogP contribution in [-0.4, -0.2) is 11.1 Å². The molecule has 1 aliphatic rings. The summed E-state index contributed by atoms with van der Waals surface area (Å²) in [6.07, 6.45) is 1.41. The highest BCUT2D eigenvalue weighted by molar-refractivity contribution is 5.71. The number of carbonyl (C=O) groups is 1. The van der Waals surface area contributed by atoms with Gasteiger partial charge in [-0.25, -0.2) is 0 Å². The molecule has 0 saturated heterocycles. The molecule has 15 heavy (non-hydrogen) atoms. The first-order valence-electron chi connectivity index (χ1n) is 5.32.